The minimum Gasteiger partial charge on any atom is -0.497 e. The minimum atomic E-state index is -0.560. The molecule has 1 atom stereocenters. The average molecular weight is 453 g/mol. The number of carbonyl (C=O) groups is 2. The van der Waals surface area contributed by atoms with Crippen molar-refractivity contribution in [3.8, 4) is 11.5 Å². The molecule has 3 rings (SSSR count). The van der Waals surface area contributed by atoms with Crippen molar-refractivity contribution >= 4 is 11.8 Å². The van der Waals surface area contributed by atoms with E-state index in [-0.39, 0.29) is 24.5 Å². The van der Waals surface area contributed by atoms with Crippen molar-refractivity contribution in [1.29, 1.82) is 0 Å². The number of hydrogen-bond donors (Lipinski definition) is 1. The third kappa shape index (κ3) is 6.98. The Labute approximate surface area is 197 Å². The topological polar surface area (TPSA) is 67.9 Å². The molecule has 0 radical (unpaired) electrons. The first-order valence-corrected chi connectivity index (χ1v) is 12.0. The number of nitrogens with zero attached hydrogens (tertiary/aromatic N) is 1. The van der Waals surface area contributed by atoms with E-state index in [1.54, 1.807) is 12.0 Å². The number of methoxy groups -OCH3 is 1. The Hall–Kier alpha value is -3.02. The van der Waals surface area contributed by atoms with Crippen molar-refractivity contribution in [3.63, 3.8) is 0 Å². The summed E-state index contributed by atoms with van der Waals surface area (Å²) in [6, 6.07) is 15.0. The Morgan fingerprint density at radius 2 is 1.76 bits per heavy atom. The highest BCUT2D eigenvalue weighted by Crippen LogP contribution is 2.21. The van der Waals surface area contributed by atoms with Gasteiger partial charge in [-0.3, -0.25) is 9.59 Å². The number of ether oxygens (including phenoxy) is 2. The zero-order chi connectivity index (χ0) is 23.6. The zero-order valence-electron chi connectivity index (χ0n) is 20.0. The largest absolute Gasteiger partial charge is 0.497 e. The van der Waals surface area contributed by atoms with Crippen LogP contribution in [0.4, 0.5) is 0 Å². The van der Waals surface area contributed by atoms with Crippen LogP contribution in [0.25, 0.3) is 0 Å². The fourth-order valence-corrected chi connectivity index (χ4v) is 4.30. The second kappa shape index (κ2) is 12.3. The van der Waals surface area contributed by atoms with E-state index >= 15 is 0 Å². The third-order valence-electron chi connectivity index (χ3n) is 6.27. The van der Waals surface area contributed by atoms with Gasteiger partial charge in [0.05, 0.1) is 7.11 Å². The van der Waals surface area contributed by atoms with Crippen LogP contribution in [0.15, 0.2) is 48.5 Å². The standard InChI is InChI=1S/C27H36N2O4/c1-4-20-13-15-23(16-14-20)33-19-26(30)29(18-21-9-8-12-24(17-21)32-3)25(5-2)27(31)28-22-10-6-7-11-22/h8-9,12-17,22,25H,4-7,10-11,18-19H2,1-3H3,(H,28,31)/t25-/m0/s1. The fraction of sp³-hybridized carbons (Fsp3) is 0.481. The average Bonchev–Trinajstić information content (AvgIpc) is 3.35. The second-order valence-electron chi connectivity index (χ2n) is 8.57. The van der Waals surface area contributed by atoms with Gasteiger partial charge < -0.3 is 19.7 Å². The lowest BCUT2D eigenvalue weighted by Gasteiger charge is -2.31. The van der Waals surface area contributed by atoms with Crippen molar-refractivity contribution < 1.29 is 19.1 Å². The molecule has 2 aromatic rings. The molecule has 178 valence electrons. The third-order valence-corrected chi connectivity index (χ3v) is 6.27. The van der Waals surface area contributed by atoms with Gasteiger partial charge in [-0.25, -0.2) is 0 Å². The Morgan fingerprint density at radius 1 is 1.03 bits per heavy atom. The van der Waals surface area contributed by atoms with Gasteiger partial charge >= 0.3 is 0 Å². The van der Waals surface area contributed by atoms with Gasteiger partial charge in [0.1, 0.15) is 17.5 Å². The first kappa shape index (κ1) is 24.6. The van der Waals surface area contributed by atoms with Gasteiger partial charge in [0.15, 0.2) is 6.61 Å². The molecule has 1 aliphatic rings. The molecule has 1 aliphatic carbocycles. The van der Waals surface area contributed by atoms with E-state index in [2.05, 4.69) is 12.2 Å². The number of amides is 2. The molecule has 33 heavy (non-hydrogen) atoms. The van der Waals surface area contributed by atoms with E-state index in [9.17, 15) is 9.59 Å². The highest BCUT2D eigenvalue weighted by atomic mass is 16.5. The smallest absolute Gasteiger partial charge is 0.261 e. The number of rotatable bonds is 11. The number of aryl methyl sites for hydroxylation is 1. The molecule has 1 N–H and O–H groups in total. The molecule has 1 fully saturated rings. The molecule has 0 aliphatic heterocycles. The predicted molar refractivity (Wildman–Crippen MR) is 129 cm³/mol. The van der Waals surface area contributed by atoms with E-state index < -0.39 is 6.04 Å². The van der Waals surface area contributed by atoms with Gasteiger partial charge in [0, 0.05) is 12.6 Å². The van der Waals surface area contributed by atoms with Crippen LogP contribution >= 0.6 is 0 Å². The first-order valence-electron chi connectivity index (χ1n) is 12.0. The quantitative estimate of drug-likeness (QED) is 0.545. The van der Waals surface area contributed by atoms with E-state index in [1.807, 2.05) is 55.5 Å². The Morgan fingerprint density at radius 3 is 2.39 bits per heavy atom. The monoisotopic (exact) mass is 452 g/mol. The summed E-state index contributed by atoms with van der Waals surface area (Å²) in [6.45, 7) is 4.22. The second-order valence-corrected chi connectivity index (χ2v) is 8.57. The van der Waals surface area contributed by atoms with Gasteiger partial charge in [-0.15, -0.1) is 0 Å². The first-order chi connectivity index (χ1) is 16.0. The number of nitrogens with one attached hydrogen (secondary N) is 1. The van der Waals surface area contributed by atoms with Crippen molar-refractivity contribution in [2.24, 2.45) is 0 Å². The molecule has 1 saturated carbocycles. The molecule has 2 aromatic carbocycles. The van der Waals surface area contributed by atoms with E-state index in [1.165, 1.54) is 5.56 Å². The normalized spacial score (nSPS) is 14.5. The fourth-order valence-electron chi connectivity index (χ4n) is 4.30. The zero-order valence-corrected chi connectivity index (χ0v) is 20.0. The van der Waals surface area contributed by atoms with Gasteiger partial charge in [0.25, 0.3) is 5.91 Å². The van der Waals surface area contributed by atoms with Crippen LogP contribution in [0.3, 0.4) is 0 Å². The highest BCUT2D eigenvalue weighted by Gasteiger charge is 2.31. The molecule has 0 spiro atoms. The van der Waals surface area contributed by atoms with Crippen LogP contribution in [-0.2, 0) is 22.6 Å². The van der Waals surface area contributed by atoms with Gasteiger partial charge in [-0.2, -0.15) is 0 Å². The highest BCUT2D eigenvalue weighted by molar-refractivity contribution is 5.88. The molecule has 6 nitrogen and oxygen atoms in total. The lowest BCUT2D eigenvalue weighted by atomic mass is 10.1. The summed E-state index contributed by atoms with van der Waals surface area (Å²) < 4.78 is 11.1. The molecule has 0 aromatic heterocycles. The number of carbonyl (C=O) groups excluding carboxylic acids is 2. The Bertz CT molecular complexity index is 907. The molecule has 0 heterocycles. The maximum absolute atomic E-state index is 13.3. The molecular weight excluding hydrogens is 416 g/mol. The lowest BCUT2D eigenvalue weighted by Crippen LogP contribution is -2.52. The molecular formula is C27H36N2O4. The maximum atomic E-state index is 13.3. The molecule has 6 heteroatoms. The maximum Gasteiger partial charge on any atom is 0.261 e. The lowest BCUT2D eigenvalue weighted by molar-refractivity contribution is -0.143. The number of benzene rings is 2. The summed E-state index contributed by atoms with van der Waals surface area (Å²) in [6.07, 6.45) is 5.75. The van der Waals surface area contributed by atoms with Crippen LogP contribution in [0.5, 0.6) is 11.5 Å². The van der Waals surface area contributed by atoms with E-state index in [0.29, 0.717) is 18.7 Å². The van der Waals surface area contributed by atoms with Crippen LogP contribution in [-0.4, -0.2) is 42.5 Å². The SMILES string of the molecule is CCc1ccc(OCC(=O)N(Cc2cccc(OC)c2)[C@@H](CC)C(=O)NC2CCCC2)cc1. The molecule has 0 saturated heterocycles. The summed E-state index contributed by atoms with van der Waals surface area (Å²) in [5, 5.41) is 3.16. The van der Waals surface area contributed by atoms with Crippen LogP contribution in [0, 0.1) is 0 Å². The summed E-state index contributed by atoms with van der Waals surface area (Å²) in [4.78, 5) is 28.1. The molecule has 0 unspecified atom stereocenters. The summed E-state index contributed by atoms with van der Waals surface area (Å²) in [5.41, 5.74) is 2.12. The van der Waals surface area contributed by atoms with Crippen LogP contribution in [0.1, 0.15) is 57.1 Å². The molecule has 0 bridgehead atoms. The Balaban J connectivity index is 1.75. The van der Waals surface area contributed by atoms with Crippen molar-refractivity contribution in [2.45, 2.75) is 71.0 Å². The van der Waals surface area contributed by atoms with E-state index in [4.69, 9.17) is 9.47 Å². The number of hydrogen-bond acceptors (Lipinski definition) is 4. The Kier molecular flexibility index (Phi) is 9.16. The minimum absolute atomic E-state index is 0.0899. The van der Waals surface area contributed by atoms with Crippen molar-refractivity contribution in [3.05, 3.63) is 59.7 Å². The molecule has 2 amide bonds. The van der Waals surface area contributed by atoms with Gasteiger partial charge in [0.2, 0.25) is 5.91 Å². The van der Waals surface area contributed by atoms with Crippen molar-refractivity contribution in [1.82, 2.24) is 10.2 Å². The van der Waals surface area contributed by atoms with Crippen LogP contribution < -0.4 is 14.8 Å². The van der Waals surface area contributed by atoms with E-state index in [0.717, 1.165) is 43.4 Å². The summed E-state index contributed by atoms with van der Waals surface area (Å²) in [5.74, 6) is 1.06. The van der Waals surface area contributed by atoms with Crippen LogP contribution in [0.2, 0.25) is 0 Å². The predicted octanol–water partition coefficient (Wildman–Crippen LogP) is 4.50. The van der Waals surface area contributed by atoms with Gasteiger partial charge in [-0.05, 0) is 61.1 Å². The van der Waals surface area contributed by atoms with Gasteiger partial charge in [-0.1, -0.05) is 51.0 Å². The summed E-state index contributed by atoms with van der Waals surface area (Å²) >= 11 is 0. The van der Waals surface area contributed by atoms with Crippen molar-refractivity contribution in [2.75, 3.05) is 13.7 Å². The summed E-state index contributed by atoms with van der Waals surface area (Å²) in [7, 11) is 1.61.